The van der Waals surface area contributed by atoms with Crippen LogP contribution in [0.15, 0.2) is 42.9 Å². The van der Waals surface area contributed by atoms with Crippen molar-refractivity contribution in [1.29, 1.82) is 0 Å². The van der Waals surface area contributed by atoms with E-state index in [0.717, 1.165) is 18.4 Å². The van der Waals surface area contributed by atoms with Crippen molar-refractivity contribution >= 4 is 29.1 Å². The number of rotatable bonds is 5. The third kappa shape index (κ3) is 3.47. The Bertz CT molecular complexity index is 1510. The van der Waals surface area contributed by atoms with Crippen LogP contribution in [0.2, 0.25) is 0 Å². The molecule has 0 bridgehead atoms. The van der Waals surface area contributed by atoms with Crippen LogP contribution in [0.3, 0.4) is 0 Å². The van der Waals surface area contributed by atoms with Crippen LogP contribution in [0.25, 0.3) is 17.2 Å². The summed E-state index contributed by atoms with van der Waals surface area (Å²) in [5.41, 5.74) is 7.59. The Hall–Kier alpha value is -4.41. The average Bonchev–Trinajstić information content (AvgIpc) is 3.43. The number of anilines is 2. The summed E-state index contributed by atoms with van der Waals surface area (Å²) in [5, 5.41) is 5.57. The van der Waals surface area contributed by atoms with E-state index in [-0.39, 0.29) is 34.9 Å². The molecule has 3 aromatic heterocycles. The van der Waals surface area contributed by atoms with Crippen molar-refractivity contribution in [2.45, 2.75) is 37.6 Å². The quantitative estimate of drug-likeness (QED) is 0.377. The summed E-state index contributed by atoms with van der Waals surface area (Å²) < 4.78 is 15.1. The number of hydrogen-bond donors (Lipinski definition) is 3. The zero-order chi connectivity index (χ0) is 24.3. The highest BCUT2D eigenvalue weighted by molar-refractivity contribution is 6.21. The molecular weight excluding hydrogens is 451 g/mol. The summed E-state index contributed by atoms with van der Waals surface area (Å²) in [6.07, 6.45) is 7.33. The maximum absolute atomic E-state index is 13.3. The molecule has 2 amide bonds. The van der Waals surface area contributed by atoms with Crippen molar-refractivity contribution in [1.82, 2.24) is 29.7 Å². The minimum absolute atomic E-state index is 0.0319. The van der Waals surface area contributed by atoms with Gasteiger partial charge in [0.1, 0.15) is 23.1 Å². The number of imidazole rings is 1. The summed E-state index contributed by atoms with van der Waals surface area (Å²) in [4.78, 5) is 43.8. The molecule has 176 valence electrons. The standard InChI is InChI=1S/C24H21FN8O2/c1-24(22(34)28-14-6-7-14)17-18(26)30-19(31-20(17)32-23(24)35)16-11-33-9-8-27-21(33)15(29-16)10-12-2-4-13(25)5-3-12/h2-5,8-9,11,14H,6-7,10H2,1H3,(H,28,34)(H3,26,30,31,32,35). The third-order valence-corrected chi connectivity index (χ3v) is 6.45. The van der Waals surface area contributed by atoms with Crippen LogP contribution in [0, 0.1) is 5.82 Å². The van der Waals surface area contributed by atoms with E-state index in [1.165, 1.54) is 19.1 Å². The van der Waals surface area contributed by atoms with E-state index in [1.54, 1.807) is 35.1 Å². The van der Waals surface area contributed by atoms with Crippen molar-refractivity contribution < 1.29 is 14.0 Å². The van der Waals surface area contributed by atoms with E-state index in [4.69, 9.17) is 10.7 Å². The number of nitrogen functional groups attached to an aromatic ring is 1. The van der Waals surface area contributed by atoms with Crippen molar-refractivity contribution in [2.75, 3.05) is 11.1 Å². The van der Waals surface area contributed by atoms with Crippen LogP contribution in [-0.4, -0.2) is 42.2 Å². The largest absolute Gasteiger partial charge is 0.383 e. The predicted molar refractivity (Wildman–Crippen MR) is 125 cm³/mol. The lowest BCUT2D eigenvalue weighted by molar-refractivity contribution is -0.133. The minimum atomic E-state index is -1.52. The van der Waals surface area contributed by atoms with Gasteiger partial charge in [0, 0.05) is 31.1 Å². The molecule has 1 unspecified atom stereocenters. The smallest absolute Gasteiger partial charge is 0.245 e. The first-order chi connectivity index (χ1) is 16.8. The number of benzene rings is 1. The second kappa shape index (κ2) is 7.55. The molecule has 0 saturated heterocycles. The molecule has 1 fully saturated rings. The fraction of sp³-hybridized carbons (Fsp3) is 0.250. The highest BCUT2D eigenvalue weighted by atomic mass is 19.1. The number of fused-ring (bicyclic) bond motifs is 2. The second-order valence-electron chi connectivity index (χ2n) is 9.02. The number of nitrogens with two attached hydrogens (primary N) is 1. The number of carbonyl (C=O) groups is 2. The summed E-state index contributed by atoms with van der Waals surface area (Å²) in [7, 11) is 0. The number of hydrogen-bond acceptors (Lipinski definition) is 7. The van der Waals surface area contributed by atoms with Crippen LogP contribution in [0.5, 0.6) is 0 Å². The highest BCUT2D eigenvalue weighted by Crippen LogP contribution is 2.41. The number of nitrogens with zero attached hydrogens (tertiary/aromatic N) is 5. The van der Waals surface area contributed by atoms with Gasteiger partial charge in [0.25, 0.3) is 0 Å². The monoisotopic (exact) mass is 472 g/mol. The van der Waals surface area contributed by atoms with Gasteiger partial charge in [-0.15, -0.1) is 0 Å². The molecule has 1 saturated carbocycles. The third-order valence-electron chi connectivity index (χ3n) is 6.45. The van der Waals surface area contributed by atoms with Gasteiger partial charge in [0.05, 0.1) is 11.3 Å². The molecule has 4 heterocycles. The molecule has 11 heteroatoms. The molecule has 4 N–H and O–H groups in total. The molecule has 2 aliphatic rings. The first kappa shape index (κ1) is 21.1. The lowest BCUT2D eigenvalue weighted by Crippen LogP contribution is -2.48. The van der Waals surface area contributed by atoms with E-state index >= 15 is 0 Å². The van der Waals surface area contributed by atoms with Gasteiger partial charge in [-0.2, -0.15) is 0 Å². The summed E-state index contributed by atoms with van der Waals surface area (Å²) in [5.74, 6) is -0.812. The molecule has 0 spiro atoms. The van der Waals surface area contributed by atoms with E-state index in [0.29, 0.717) is 23.5 Å². The molecule has 1 aliphatic heterocycles. The Morgan fingerprint density at radius 3 is 2.77 bits per heavy atom. The van der Waals surface area contributed by atoms with Gasteiger partial charge >= 0.3 is 0 Å². The van der Waals surface area contributed by atoms with Crippen LogP contribution in [0.4, 0.5) is 16.0 Å². The van der Waals surface area contributed by atoms with Crippen molar-refractivity contribution in [3.8, 4) is 11.5 Å². The molecule has 1 aromatic carbocycles. The molecular formula is C24H21FN8O2. The first-order valence-electron chi connectivity index (χ1n) is 11.2. The van der Waals surface area contributed by atoms with Crippen LogP contribution < -0.4 is 16.4 Å². The lowest BCUT2D eigenvalue weighted by Gasteiger charge is -2.21. The maximum atomic E-state index is 13.3. The Balaban J connectivity index is 1.41. The van der Waals surface area contributed by atoms with Gasteiger partial charge in [-0.3, -0.25) is 9.59 Å². The van der Waals surface area contributed by atoms with Gasteiger partial charge < -0.3 is 20.8 Å². The Morgan fingerprint density at radius 1 is 1.26 bits per heavy atom. The van der Waals surface area contributed by atoms with Gasteiger partial charge in [0.15, 0.2) is 16.9 Å². The van der Waals surface area contributed by atoms with Crippen molar-refractivity contribution in [3.05, 3.63) is 65.5 Å². The molecule has 1 aliphatic carbocycles. The molecule has 1 atom stereocenters. The summed E-state index contributed by atoms with van der Waals surface area (Å²) in [6, 6.07) is 6.26. The highest BCUT2D eigenvalue weighted by Gasteiger charge is 2.52. The number of nitrogens with one attached hydrogen (secondary N) is 2. The Kier molecular flexibility index (Phi) is 4.56. The van der Waals surface area contributed by atoms with E-state index in [2.05, 4.69) is 25.6 Å². The minimum Gasteiger partial charge on any atom is -0.383 e. The summed E-state index contributed by atoms with van der Waals surface area (Å²) >= 11 is 0. The van der Waals surface area contributed by atoms with Gasteiger partial charge in [-0.25, -0.2) is 24.3 Å². The van der Waals surface area contributed by atoms with Crippen molar-refractivity contribution in [2.24, 2.45) is 0 Å². The topological polar surface area (TPSA) is 140 Å². The molecule has 35 heavy (non-hydrogen) atoms. The van der Waals surface area contributed by atoms with E-state index < -0.39 is 17.2 Å². The second-order valence-corrected chi connectivity index (χ2v) is 9.02. The molecule has 4 aromatic rings. The van der Waals surface area contributed by atoms with Gasteiger partial charge in [-0.05, 0) is 37.5 Å². The maximum Gasteiger partial charge on any atom is 0.245 e. The molecule has 0 radical (unpaired) electrons. The number of amides is 2. The van der Waals surface area contributed by atoms with E-state index in [1.807, 2.05) is 0 Å². The Morgan fingerprint density at radius 2 is 2.03 bits per heavy atom. The van der Waals surface area contributed by atoms with Crippen LogP contribution in [-0.2, 0) is 21.4 Å². The van der Waals surface area contributed by atoms with Crippen LogP contribution >= 0.6 is 0 Å². The fourth-order valence-corrected chi connectivity index (χ4v) is 4.31. The predicted octanol–water partition coefficient (Wildman–Crippen LogP) is 1.99. The van der Waals surface area contributed by atoms with E-state index in [9.17, 15) is 14.0 Å². The number of halogens is 1. The normalized spacial score (nSPS) is 19.0. The average molecular weight is 472 g/mol. The zero-order valence-corrected chi connectivity index (χ0v) is 18.7. The number of carbonyl (C=O) groups excluding carboxylic acids is 2. The zero-order valence-electron chi connectivity index (χ0n) is 18.7. The SMILES string of the molecule is CC1(C(=O)NC2CC2)C(=O)Nc2nc(-c3cn4ccnc4c(Cc4ccc(F)cc4)n3)nc(N)c21. The lowest BCUT2D eigenvalue weighted by atomic mass is 9.83. The van der Waals surface area contributed by atoms with Crippen LogP contribution in [0.1, 0.15) is 36.6 Å². The first-order valence-corrected chi connectivity index (χ1v) is 11.2. The molecule has 6 rings (SSSR count). The Labute approximate surface area is 198 Å². The fourth-order valence-electron chi connectivity index (χ4n) is 4.31. The van der Waals surface area contributed by atoms with Crippen molar-refractivity contribution in [3.63, 3.8) is 0 Å². The van der Waals surface area contributed by atoms with Gasteiger partial charge in [-0.1, -0.05) is 12.1 Å². The van der Waals surface area contributed by atoms with Gasteiger partial charge in [0.2, 0.25) is 11.8 Å². The summed E-state index contributed by atoms with van der Waals surface area (Å²) in [6.45, 7) is 1.53. The molecule has 10 nitrogen and oxygen atoms in total. The number of aromatic nitrogens is 5.